The Bertz CT molecular complexity index is 1300. The van der Waals surface area contributed by atoms with E-state index >= 15 is 0 Å². The van der Waals surface area contributed by atoms with Crippen molar-refractivity contribution in [2.24, 2.45) is 0 Å². The third-order valence-corrected chi connectivity index (χ3v) is 6.97. The lowest BCUT2D eigenvalue weighted by atomic mass is 10.0. The van der Waals surface area contributed by atoms with Gasteiger partial charge in [-0.2, -0.15) is 13.2 Å². The summed E-state index contributed by atoms with van der Waals surface area (Å²) in [6.07, 6.45) is -1.46. The average Bonchev–Trinajstić information content (AvgIpc) is 3.40. The van der Waals surface area contributed by atoms with E-state index in [1.54, 1.807) is 4.57 Å². The van der Waals surface area contributed by atoms with Crippen LogP contribution in [0, 0.1) is 10.1 Å². The number of ether oxygens (including phenoxy) is 2. The van der Waals surface area contributed by atoms with E-state index in [-0.39, 0.29) is 29.5 Å². The van der Waals surface area contributed by atoms with Crippen LogP contribution in [0.5, 0.6) is 11.8 Å². The van der Waals surface area contributed by atoms with E-state index in [1.165, 1.54) is 12.3 Å². The van der Waals surface area contributed by atoms with Gasteiger partial charge in [-0.1, -0.05) is 11.6 Å². The number of fused-ring (bicyclic) bond motifs is 1. The predicted octanol–water partition coefficient (Wildman–Crippen LogP) is 5.77. The highest BCUT2D eigenvalue weighted by molar-refractivity contribution is 6.33. The first-order chi connectivity index (χ1) is 18.0. The Balaban J connectivity index is 1.10. The number of rotatable bonds is 7. The minimum absolute atomic E-state index is 0.0564. The molecule has 0 spiro atoms. The third-order valence-electron chi connectivity index (χ3n) is 6.65. The van der Waals surface area contributed by atoms with Crippen LogP contribution in [0.4, 0.5) is 30.4 Å². The van der Waals surface area contributed by atoms with Crippen molar-refractivity contribution >= 4 is 28.8 Å². The first-order valence-corrected chi connectivity index (χ1v) is 12.4. The summed E-state index contributed by atoms with van der Waals surface area (Å²) in [5.74, 6) is 0.421. The summed E-state index contributed by atoms with van der Waals surface area (Å²) in [5.41, 5.74) is 0.0832. The van der Waals surface area contributed by atoms with Crippen molar-refractivity contribution in [3.8, 4) is 11.8 Å². The second-order valence-electron chi connectivity index (χ2n) is 9.70. The number of hydrogen-bond acceptors (Lipinski definition) is 7. The molecule has 0 aliphatic carbocycles. The summed E-state index contributed by atoms with van der Waals surface area (Å²) in [7, 11) is 0. The Morgan fingerprint density at radius 3 is 2.55 bits per heavy atom. The second kappa shape index (κ2) is 9.90. The molecule has 0 bridgehead atoms. The van der Waals surface area contributed by atoms with Crippen LogP contribution in [0.3, 0.4) is 0 Å². The van der Waals surface area contributed by atoms with Gasteiger partial charge in [0.1, 0.15) is 18.6 Å². The maximum atomic E-state index is 12.9. The van der Waals surface area contributed by atoms with Crippen LogP contribution in [0.25, 0.3) is 0 Å². The molecule has 0 unspecified atom stereocenters. The van der Waals surface area contributed by atoms with Crippen LogP contribution in [0.1, 0.15) is 25.3 Å². The number of piperidine rings is 1. The van der Waals surface area contributed by atoms with Crippen molar-refractivity contribution in [1.82, 2.24) is 9.55 Å². The molecule has 1 atom stereocenters. The zero-order valence-electron chi connectivity index (χ0n) is 20.4. The van der Waals surface area contributed by atoms with Gasteiger partial charge in [-0.25, -0.2) is 0 Å². The Morgan fingerprint density at radius 2 is 1.95 bits per heavy atom. The number of nitro groups is 1. The molecular weight excluding hydrogens is 527 g/mol. The van der Waals surface area contributed by atoms with E-state index in [1.807, 2.05) is 31.2 Å². The highest BCUT2D eigenvalue weighted by atomic mass is 35.5. The van der Waals surface area contributed by atoms with E-state index in [9.17, 15) is 23.3 Å². The summed E-state index contributed by atoms with van der Waals surface area (Å²) in [6, 6.07) is 11.4. The molecule has 2 aliphatic heterocycles. The highest BCUT2D eigenvalue weighted by Crippen LogP contribution is 2.35. The average molecular weight is 552 g/mol. The monoisotopic (exact) mass is 551 g/mol. The van der Waals surface area contributed by atoms with E-state index in [0.29, 0.717) is 18.0 Å². The number of halogens is 4. The van der Waals surface area contributed by atoms with Crippen LogP contribution >= 0.6 is 11.6 Å². The zero-order chi connectivity index (χ0) is 27.1. The van der Waals surface area contributed by atoms with Gasteiger partial charge in [0, 0.05) is 29.8 Å². The fraction of sp³-hybridized carbons (Fsp3) is 0.400. The van der Waals surface area contributed by atoms with Gasteiger partial charge in [0.25, 0.3) is 0 Å². The molecule has 2 aromatic carbocycles. The van der Waals surface area contributed by atoms with Crippen LogP contribution in [0.15, 0.2) is 48.7 Å². The largest absolute Gasteiger partial charge is 0.489 e. The molecule has 1 N–H and O–H groups in total. The van der Waals surface area contributed by atoms with Crippen LogP contribution in [0.2, 0.25) is 5.02 Å². The topological polar surface area (TPSA) is 94.7 Å². The van der Waals surface area contributed by atoms with Gasteiger partial charge >= 0.3 is 18.0 Å². The van der Waals surface area contributed by atoms with Gasteiger partial charge in [-0.3, -0.25) is 4.57 Å². The highest BCUT2D eigenvalue weighted by Gasteiger charge is 2.41. The molecule has 9 nitrogen and oxygen atoms in total. The van der Waals surface area contributed by atoms with Gasteiger partial charge in [0.15, 0.2) is 5.60 Å². The molecular formula is C25H25ClF3N5O4. The van der Waals surface area contributed by atoms with Gasteiger partial charge in [0.2, 0.25) is 0 Å². The number of nitrogens with zero attached hydrogens (tertiary/aromatic N) is 4. The van der Waals surface area contributed by atoms with E-state index in [4.69, 9.17) is 21.1 Å². The first-order valence-electron chi connectivity index (χ1n) is 12.0. The smallest absolute Gasteiger partial charge is 0.416 e. The molecule has 3 heterocycles. The Hall–Kier alpha value is -3.67. The Kier molecular flexibility index (Phi) is 6.76. The molecule has 5 rings (SSSR count). The number of aromatic nitrogens is 2. The van der Waals surface area contributed by atoms with Crippen molar-refractivity contribution in [1.29, 1.82) is 0 Å². The van der Waals surface area contributed by atoms with E-state index < -0.39 is 22.3 Å². The maximum Gasteiger partial charge on any atom is 0.416 e. The second-order valence-corrected chi connectivity index (χ2v) is 10.1. The van der Waals surface area contributed by atoms with Crippen LogP contribution < -0.4 is 19.7 Å². The standard InChI is InChI=1S/C25H25ClF3N5O4/c1-24(14-33-13-22(34(35)36)31-23(33)38-24)15-37-19-5-3-18(4-6-19)32-10-8-17(9-11-32)30-21-7-2-16(12-20(21)26)25(27,28)29/h2-7,12-13,17,30H,8-11,14-15H2,1H3/t24-/m1/s1. The van der Waals surface area contributed by atoms with Gasteiger partial charge in [0.05, 0.1) is 22.8 Å². The van der Waals surface area contributed by atoms with Crippen molar-refractivity contribution in [2.45, 2.75) is 44.1 Å². The maximum absolute atomic E-state index is 12.9. The summed E-state index contributed by atoms with van der Waals surface area (Å²) in [4.78, 5) is 16.4. The van der Waals surface area contributed by atoms with Gasteiger partial charge in [-0.05, 0) is 67.2 Å². The van der Waals surface area contributed by atoms with Gasteiger partial charge in [-0.15, -0.1) is 0 Å². The van der Waals surface area contributed by atoms with Crippen LogP contribution in [-0.4, -0.2) is 45.8 Å². The molecule has 13 heteroatoms. The summed E-state index contributed by atoms with van der Waals surface area (Å²) in [5, 5.41) is 14.2. The molecule has 0 saturated carbocycles. The molecule has 0 radical (unpaired) electrons. The minimum atomic E-state index is -4.42. The number of alkyl halides is 3. The Morgan fingerprint density at radius 1 is 1.24 bits per heavy atom. The quantitative estimate of drug-likeness (QED) is 0.294. The molecule has 202 valence electrons. The fourth-order valence-electron chi connectivity index (χ4n) is 4.66. The molecule has 38 heavy (non-hydrogen) atoms. The van der Waals surface area contributed by atoms with Crippen molar-refractivity contribution in [2.75, 3.05) is 29.9 Å². The lowest BCUT2D eigenvalue weighted by Crippen LogP contribution is -2.39. The predicted molar refractivity (Wildman–Crippen MR) is 135 cm³/mol. The van der Waals surface area contributed by atoms with E-state index in [0.717, 1.165) is 43.8 Å². The summed E-state index contributed by atoms with van der Waals surface area (Å²) in [6.45, 7) is 4.05. The van der Waals surface area contributed by atoms with Crippen molar-refractivity contribution in [3.05, 3.63) is 69.4 Å². The summed E-state index contributed by atoms with van der Waals surface area (Å²) < 4.78 is 51.9. The van der Waals surface area contributed by atoms with Crippen molar-refractivity contribution < 1.29 is 27.6 Å². The summed E-state index contributed by atoms with van der Waals surface area (Å²) >= 11 is 6.08. The molecule has 1 aromatic heterocycles. The number of nitrogens with one attached hydrogen (secondary N) is 1. The third kappa shape index (κ3) is 5.59. The van der Waals surface area contributed by atoms with Crippen molar-refractivity contribution in [3.63, 3.8) is 0 Å². The number of benzene rings is 2. The number of anilines is 2. The molecule has 3 aromatic rings. The molecule has 2 aliphatic rings. The van der Waals surface area contributed by atoms with E-state index in [2.05, 4.69) is 15.2 Å². The normalized spacial score (nSPS) is 19.7. The lowest BCUT2D eigenvalue weighted by molar-refractivity contribution is -0.389. The first kappa shape index (κ1) is 26.0. The van der Waals surface area contributed by atoms with Crippen LogP contribution in [-0.2, 0) is 12.7 Å². The lowest BCUT2D eigenvalue weighted by Gasteiger charge is -2.34. The van der Waals surface area contributed by atoms with Gasteiger partial charge < -0.3 is 29.8 Å². The molecule has 1 saturated heterocycles. The SMILES string of the molecule is C[C@]1(COc2ccc(N3CCC(Nc4ccc(C(F)(F)F)cc4Cl)CC3)cc2)Cn2cc([N+](=O)[O-])nc2O1. The zero-order valence-corrected chi connectivity index (χ0v) is 21.1. The molecule has 0 amide bonds. The molecule has 1 fully saturated rings. The minimum Gasteiger partial charge on any atom is -0.489 e. The Labute approximate surface area is 221 Å². The number of hydrogen-bond donors (Lipinski definition) is 1. The fourth-order valence-corrected chi connectivity index (χ4v) is 4.89. The number of imidazole rings is 1.